The van der Waals surface area contributed by atoms with Crippen LogP contribution in [-0.4, -0.2) is 25.9 Å². The molecule has 29 heavy (non-hydrogen) atoms. The van der Waals surface area contributed by atoms with Gasteiger partial charge in [0.2, 0.25) is 0 Å². The number of hydrogen-bond donors (Lipinski definition) is 2. The topological polar surface area (TPSA) is 97.4 Å². The summed E-state index contributed by atoms with van der Waals surface area (Å²) in [5, 5.41) is 2.67. The number of amides is 1. The third-order valence-corrected chi connectivity index (χ3v) is 6.11. The third-order valence-electron chi connectivity index (χ3n) is 3.85. The first kappa shape index (κ1) is 20.8. The van der Waals surface area contributed by atoms with Gasteiger partial charge in [0.15, 0.2) is 6.61 Å². The predicted molar refractivity (Wildman–Crippen MR) is 114 cm³/mol. The van der Waals surface area contributed by atoms with Gasteiger partial charge in [0.25, 0.3) is 15.9 Å². The average molecular weight is 476 g/mol. The zero-order valence-corrected chi connectivity index (χ0v) is 17.8. The maximum atomic E-state index is 12.4. The van der Waals surface area contributed by atoms with Gasteiger partial charge in [-0.05, 0) is 67.1 Å². The van der Waals surface area contributed by atoms with E-state index in [2.05, 4.69) is 31.0 Å². The van der Waals surface area contributed by atoms with Gasteiger partial charge < -0.3 is 10.1 Å². The minimum absolute atomic E-state index is 0.0581. The summed E-state index contributed by atoms with van der Waals surface area (Å²) < 4.78 is 33.6. The highest BCUT2D eigenvalue weighted by Crippen LogP contribution is 2.22. The van der Waals surface area contributed by atoms with Gasteiger partial charge >= 0.3 is 0 Å². The molecule has 2 N–H and O–H groups in total. The molecule has 1 aromatic heterocycles. The van der Waals surface area contributed by atoms with Gasteiger partial charge in [0.05, 0.1) is 4.90 Å². The van der Waals surface area contributed by atoms with Crippen LogP contribution >= 0.6 is 15.9 Å². The van der Waals surface area contributed by atoms with Gasteiger partial charge in [-0.3, -0.25) is 9.52 Å². The second kappa shape index (κ2) is 9.06. The van der Waals surface area contributed by atoms with E-state index < -0.39 is 10.0 Å². The van der Waals surface area contributed by atoms with Crippen LogP contribution in [0.2, 0.25) is 0 Å². The number of sulfonamides is 1. The summed E-state index contributed by atoms with van der Waals surface area (Å²) in [7, 11) is -3.77. The summed E-state index contributed by atoms with van der Waals surface area (Å²) in [6.45, 7) is 1.76. The van der Waals surface area contributed by atoms with Crippen molar-refractivity contribution in [2.75, 3.05) is 16.6 Å². The summed E-state index contributed by atoms with van der Waals surface area (Å²) in [6.07, 6.45) is 1.49. The van der Waals surface area contributed by atoms with Crippen molar-refractivity contribution in [3.8, 4) is 5.75 Å². The first-order valence-corrected chi connectivity index (χ1v) is 10.8. The van der Waals surface area contributed by atoms with E-state index in [9.17, 15) is 13.2 Å². The van der Waals surface area contributed by atoms with Crippen molar-refractivity contribution in [1.29, 1.82) is 0 Å². The van der Waals surface area contributed by atoms with Crippen molar-refractivity contribution >= 4 is 43.4 Å². The van der Waals surface area contributed by atoms with Gasteiger partial charge in [0, 0.05) is 16.4 Å². The molecule has 0 aliphatic heterocycles. The fourth-order valence-electron chi connectivity index (χ4n) is 2.39. The van der Waals surface area contributed by atoms with Crippen LogP contribution in [0.3, 0.4) is 0 Å². The zero-order valence-electron chi connectivity index (χ0n) is 15.4. The van der Waals surface area contributed by atoms with Gasteiger partial charge in [-0.15, -0.1) is 0 Å². The number of benzene rings is 2. The number of aryl methyl sites for hydroxylation is 1. The molecular formula is C20H18BrN3O4S. The average Bonchev–Trinajstić information content (AvgIpc) is 2.70. The van der Waals surface area contributed by atoms with Crippen molar-refractivity contribution in [3.05, 3.63) is 76.9 Å². The Hall–Kier alpha value is -2.91. The Labute approximate surface area is 177 Å². The largest absolute Gasteiger partial charge is 0.484 e. The molecule has 0 saturated carbocycles. The van der Waals surface area contributed by atoms with E-state index in [4.69, 9.17) is 4.74 Å². The molecule has 0 aliphatic rings. The minimum atomic E-state index is -3.77. The molecule has 0 atom stereocenters. The Morgan fingerprint density at radius 2 is 1.86 bits per heavy atom. The van der Waals surface area contributed by atoms with Crippen LogP contribution in [0.25, 0.3) is 0 Å². The van der Waals surface area contributed by atoms with E-state index in [0.717, 1.165) is 10.0 Å². The molecule has 1 amide bonds. The van der Waals surface area contributed by atoms with E-state index in [-0.39, 0.29) is 23.2 Å². The van der Waals surface area contributed by atoms with Crippen LogP contribution < -0.4 is 14.8 Å². The first-order valence-electron chi connectivity index (χ1n) is 8.56. The van der Waals surface area contributed by atoms with Gasteiger partial charge in [-0.2, -0.15) is 0 Å². The number of carbonyl (C=O) groups is 1. The first-order chi connectivity index (χ1) is 13.8. The van der Waals surface area contributed by atoms with Crippen molar-refractivity contribution < 1.29 is 17.9 Å². The Bertz CT molecular complexity index is 1100. The molecule has 150 valence electrons. The summed E-state index contributed by atoms with van der Waals surface area (Å²) in [5.74, 6) is 0.459. The molecular weight excluding hydrogens is 458 g/mol. The number of ether oxygens (including phenoxy) is 1. The van der Waals surface area contributed by atoms with Crippen molar-refractivity contribution in [1.82, 2.24) is 4.98 Å². The summed E-state index contributed by atoms with van der Waals surface area (Å²) in [4.78, 5) is 16.1. The van der Waals surface area contributed by atoms with Crippen LogP contribution in [0, 0.1) is 6.92 Å². The Morgan fingerprint density at radius 1 is 1.10 bits per heavy atom. The molecule has 3 rings (SSSR count). The molecule has 0 fully saturated rings. The molecule has 3 aromatic rings. The Morgan fingerprint density at radius 3 is 2.52 bits per heavy atom. The van der Waals surface area contributed by atoms with E-state index in [1.165, 1.54) is 30.5 Å². The molecule has 0 radical (unpaired) electrons. The number of pyridine rings is 1. The molecule has 0 spiro atoms. The number of halogens is 1. The lowest BCUT2D eigenvalue weighted by atomic mass is 10.2. The van der Waals surface area contributed by atoms with Crippen molar-refractivity contribution in [2.24, 2.45) is 0 Å². The van der Waals surface area contributed by atoms with Crippen LogP contribution in [0.5, 0.6) is 5.75 Å². The van der Waals surface area contributed by atoms with Crippen molar-refractivity contribution in [2.45, 2.75) is 11.8 Å². The minimum Gasteiger partial charge on any atom is -0.484 e. The van der Waals surface area contributed by atoms with E-state index in [1.54, 1.807) is 24.3 Å². The summed E-state index contributed by atoms with van der Waals surface area (Å²) >= 11 is 3.41. The highest BCUT2D eigenvalue weighted by atomic mass is 79.9. The van der Waals surface area contributed by atoms with E-state index >= 15 is 0 Å². The lowest BCUT2D eigenvalue weighted by Gasteiger charge is -2.10. The maximum Gasteiger partial charge on any atom is 0.263 e. The number of hydrogen-bond acceptors (Lipinski definition) is 5. The van der Waals surface area contributed by atoms with Crippen LogP contribution in [0.15, 0.2) is 76.2 Å². The molecule has 0 aliphatic carbocycles. The zero-order chi connectivity index (χ0) is 20.9. The molecule has 0 bridgehead atoms. The normalized spacial score (nSPS) is 11.0. The van der Waals surface area contributed by atoms with Crippen LogP contribution in [0.4, 0.5) is 11.5 Å². The Kier molecular flexibility index (Phi) is 6.50. The van der Waals surface area contributed by atoms with Crippen LogP contribution in [0.1, 0.15) is 5.56 Å². The molecule has 9 heteroatoms. The monoisotopic (exact) mass is 475 g/mol. The quantitative estimate of drug-likeness (QED) is 0.538. The van der Waals surface area contributed by atoms with Gasteiger partial charge in [-0.1, -0.05) is 22.0 Å². The fourth-order valence-corrected chi connectivity index (χ4v) is 3.65. The number of nitrogens with one attached hydrogen (secondary N) is 2. The molecule has 1 heterocycles. The smallest absolute Gasteiger partial charge is 0.263 e. The second-order valence-corrected chi connectivity index (χ2v) is 8.63. The second-order valence-electron chi connectivity index (χ2n) is 6.09. The highest BCUT2D eigenvalue weighted by Gasteiger charge is 2.15. The van der Waals surface area contributed by atoms with E-state index in [1.807, 2.05) is 19.1 Å². The SMILES string of the molecule is Cc1cc(OCC(=O)Nc2ccc(S(=O)(=O)Nc3ccccn3)cc2)ccc1Br. The maximum absolute atomic E-state index is 12.4. The third kappa shape index (κ3) is 5.78. The molecule has 7 nitrogen and oxygen atoms in total. The van der Waals surface area contributed by atoms with Crippen LogP contribution in [-0.2, 0) is 14.8 Å². The number of aromatic nitrogens is 1. The number of anilines is 2. The lowest BCUT2D eigenvalue weighted by Crippen LogP contribution is -2.20. The lowest BCUT2D eigenvalue weighted by molar-refractivity contribution is -0.118. The fraction of sp³-hybridized carbons (Fsp3) is 0.100. The standard InChI is InChI=1S/C20H18BrN3O4S/c1-14-12-16(7-10-18(14)21)28-13-20(25)23-15-5-8-17(9-6-15)29(26,27)24-19-4-2-3-11-22-19/h2-12H,13H2,1H3,(H,22,24)(H,23,25). The molecule has 0 saturated heterocycles. The van der Waals surface area contributed by atoms with Crippen molar-refractivity contribution in [3.63, 3.8) is 0 Å². The number of carbonyl (C=O) groups excluding carboxylic acids is 1. The van der Waals surface area contributed by atoms with Gasteiger partial charge in [-0.25, -0.2) is 13.4 Å². The van der Waals surface area contributed by atoms with Gasteiger partial charge in [0.1, 0.15) is 11.6 Å². The molecule has 0 unspecified atom stereocenters. The highest BCUT2D eigenvalue weighted by molar-refractivity contribution is 9.10. The summed E-state index contributed by atoms with van der Waals surface area (Å²) in [5.41, 5.74) is 1.46. The predicted octanol–water partition coefficient (Wildman–Crippen LogP) is 3.97. The molecule has 2 aromatic carbocycles. The number of nitrogens with zero attached hydrogens (tertiary/aromatic N) is 1. The summed E-state index contributed by atoms with van der Waals surface area (Å²) in [6, 6.07) is 16.2. The number of rotatable bonds is 7. The Balaban J connectivity index is 1.58. The van der Waals surface area contributed by atoms with E-state index in [0.29, 0.717) is 11.4 Å².